The molecule has 1 aliphatic rings. The van der Waals surface area contributed by atoms with E-state index in [1.807, 2.05) is 48.5 Å². The lowest BCUT2D eigenvalue weighted by Crippen LogP contribution is -2.33. The van der Waals surface area contributed by atoms with Crippen LogP contribution in [0.2, 0.25) is 0 Å². The number of carbonyl (C=O) groups excluding carboxylic acids is 2. The Kier molecular flexibility index (Phi) is 5.09. The monoisotopic (exact) mass is 426 g/mol. The lowest BCUT2D eigenvalue weighted by Gasteiger charge is -2.13. The molecule has 1 aliphatic heterocycles. The number of benzene rings is 2. The third kappa shape index (κ3) is 3.68. The Morgan fingerprint density at radius 2 is 1.96 bits per heavy atom. The SMILES string of the molecule is O=C(c1cc2cc(Br)ccc2n1C(=O)OCc1ccccc1)C1CCCN1. The topological polar surface area (TPSA) is 60.3 Å². The van der Waals surface area contributed by atoms with Crippen molar-refractivity contribution in [2.45, 2.75) is 25.5 Å². The maximum absolute atomic E-state index is 13.0. The molecule has 2 aromatic carbocycles. The van der Waals surface area contributed by atoms with Crippen LogP contribution in [-0.2, 0) is 11.3 Å². The average Bonchev–Trinajstić information content (AvgIpc) is 3.34. The van der Waals surface area contributed by atoms with Crippen molar-refractivity contribution in [3.05, 3.63) is 70.3 Å². The van der Waals surface area contributed by atoms with E-state index in [1.165, 1.54) is 4.57 Å². The first kappa shape index (κ1) is 17.9. The smallest absolute Gasteiger partial charge is 0.419 e. The molecular weight excluding hydrogens is 408 g/mol. The van der Waals surface area contributed by atoms with Gasteiger partial charge in [-0.3, -0.25) is 4.79 Å². The third-order valence-electron chi connectivity index (χ3n) is 4.78. The fourth-order valence-corrected chi connectivity index (χ4v) is 3.81. The Morgan fingerprint density at radius 1 is 1.15 bits per heavy atom. The van der Waals surface area contributed by atoms with Crippen molar-refractivity contribution in [3.63, 3.8) is 0 Å². The number of hydrogen-bond donors (Lipinski definition) is 1. The van der Waals surface area contributed by atoms with Crippen molar-refractivity contribution in [3.8, 4) is 0 Å². The van der Waals surface area contributed by atoms with Crippen LogP contribution in [0.4, 0.5) is 4.79 Å². The quantitative estimate of drug-likeness (QED) is 0.622. The highest BCUT2D eigenvalue weighted by molar-refractivity contribution is 9.10. The molecule has 4 rings (SSSR count). The average molecular weight is 427 g/mol. The van der Waals surface area contributed by atoms with Gasteiger partial charge in [0.05, 0.1) is 17.3 Å². The number of Topliss-reactive ketones (excluding diaryl/α,β-unsaturated/α-hetero) is 1. The highest BCUT2D eigenvalue weighted by Crippen LogP contribution is 2.26. The minimum atomic E-state index is -0.544. The number of nitrogens with zero attached hydrogens (tertiary/aromatic N) is 1. The standard InChI is InChI=1S/C21H19BrN2O3/c22-16-8-9-18-15(11-16)12-19(20(25)17-7-4-10-23-17)24(18)21(26)27-13-14-5-2-1-3-6-14/h1-3,5-6,8-9,11-12,17,23H,4,7,10,13H2. The molecule has 3 aromatic rings. The molecule has 6 heteroatoms. The largest absolute Gasteiger partial charge is 0.444 e. The van der Waals surface area contributed by atoms with Crippen LogP contribution in [0.5, 0.6) is 0 Å². The number of carbonyl (C=O) groups is 2. The molecule has 27 heavy (non-hydrogen) atoms. The van der Waals surface area contributed by atoms with E-state index in [4.69, 9.17) is 4.74 Å². The maximum atomic E-state index is 13.0. The molecule has 0 amide bonds. The minimum absolute atomic E-state index is 0.0727. The van der Waals surface area contributed by atoms with Crippen LogP contribution >= 0.6 is 15.9 Å². The third-order valence-corrected chi connectivity index (χ3v) is 5.27. The number of fused-ring (bicyclic) bond motifs is 1. The van der Waals surface area contributed by atoms with Crippen LogP contribution in [0, 0.1) is 0 Å². The molecule has 0 aliphatic carbocycles. The summed E-state index contributed by atoms with van der Waals surface area (Å²) < 4.78 is 7.79. The molecule has 0 spiro atoms. The fraction of sp³-hybridized carbons (Fsp3) is 0.238. The molecule has 1 saturated heterocycles. The summed E-state index contributed by atoms with van der Waals surface area (Å²) in [5, 5.41) is 4.03. The Bertz CT molecular complexity index is 991. The van der Waals surface area contributed by atoms with Crippen LogP contribution < -0.4 is 5.32 Å². The summed E-state index contributed by atoms with van der Waals surface area (Å²) in [4.78, 5) is 25.9. The number of ether oxygens (including phenoxy) is 1. The Hall–Kier alpha value is -2.44. The zero-order chi connectivity index (χ0) is 18.8. The van der Waals surface area contributed by atoms with E-state index in [2.05, 4.69) is 21.2 Å². The molecule has 5 nitrogen and oxygen atoms in total. The van der Waals surface area contributed by atoms with Gasteiger partial charge >= 0.3 is 6.09 Å². The summed E-state index contributed by atoms with van der Waals surface area (Å²) in [6.45, 7) is 0.978. The molecule has 0 saturated carbocycles. The van der Waals surface area contributed by atoms with E-state index >= 15 is 0 Å². The first-order valence-corrected chi connectivity index (χ1v) is 9.72. The summed E-state index contributed by atoms with van der Waals surface area (Å²) in [6, 6.07) is 16.6. The highest BCUT2D eigenvalue weighted by Gasteiger charge is 2.29. The predicted molar refractivity (Wildman–Crippen MR) is 107 cm³/mol. The van der Waals surface area contributed by atoms with Gasteiger partial charge in [-0.1, -0.05) is 46.3 Å². The molecule has 1 aromatic heterocycles. The van der Waals surface area contributed by atoms with Crippen LogP contribution in [0.15, 0.2) is 59.1 Å². The number of rotatable bonds is 4. The molecular formula is C21H19BrN2O3. The zero-order valence-corrected chi connectivity index (χ0v) is 16.2. The second-order valence-electron chi connectivity index (χ2n) is 6.62. The van der Waals surface area contributed by atoms with E-state index in [0.717, 1.165) is 34.8 Å². The van der Waals surface area contributed by atoms with Gasteiger partial charge in [-0.25, -0.2) is 9.36 Å². The number of aromatic nitrogens is 1. The van der Waals surface area contributed by atoms with Gasteiger partial charge < -0.3 is 10.1 Å². The summed E-state index contributed by atoms with van der Waals surface area (Å²) in [7, 11) is 0. The van der Waals surface area contributed by atoms with Crippen molar-refractivity contribution < 1.29 is 14.3 Å². The van der Waals surface area contributed by atoms with Crippen LogP contribution in [0.25, 0.3) is 10.9 Å². The second-order valence-corrected chi connectivity index (χ2v) is 7.54. The first-order chi connectivity index (χ1) is 13.1. The van der Waals surface area contributed by atoms with Crippen molar-refractivity contribution >= 4 is 38.7 Å². The predicted octanol–water partition coefficient (Wildman–Crippen LogP) is 4.52. The van der Waals surface area contributed by atoms with E-state index in [0.29, 0.717) is 11.2 Å². The van der Waals surface area contributed by atoms with Gasteiger partial charge in [-0.2, -0.15) is 0 Å². The van der Waals surface area contributed by atoms with Crippen LogP contribution in [-0.4, -0.2) is 29.0 Å². The highest BCUT2D eigenvalue weighted by atomic mass is 79.9. The van der Waals surface area contributed by atoms with Crippen molar-refractivity contribution in [2.24, 2.45) is 0 Å². The molecule has 1 N–H and O–H groups in total. The van der Waals surface area contributed by atoms with E-state index in [-0.39, 0.29) is 18.4 Å². The molecule has 138 valence electrons. The number of halogens is 1. The molecule has 0 bridgehead atoms. The molecule has 2 heterocycles. The first-order valence-electron chi connectivity index (χ1n) is 8.93. The van der Waals surface area contributed by atoms with Gasteiger partial charge in [0.2, 0.25) is 0 Å². The molecule has 0 radical (unpaired) electrons. The second kappa shape index (κ2) is 7.66. The van der Waals surface area contributed by atoms with Gasteiger partial charge in [0.1, 0.15) is 6.61 Å². The molecule has 1 unspecified atom stereocenters. The van der Waals surface area contributed by atoms with Crippen molar-refractivity contribution in [1.29, 1.82) is 0 Å². The number of ketones is 1. The van der Waals surface area contributed by atoms with Crippen molar-refractivity contribution in [2.75, 3.05) is 6.54 Å². The lowest BCUT2D eigenvalue weighted by molar-refractivity contribution is 0.0936. The van der Waals surface area contributed by atoms with E-state index < -0.39 is 6.09 Å². The summed E-state index contributed by atoms with van der Waals surface area (Å²) >= 11 is 3.45. The van der Waals surface area contributed by atoms with E-state index in [1.54, 1.807) is 6.07 Å². The summed E-state index contributed by atoms with van der Waals surface area (Å²) in [5.74, 6) is -0.0727. The van der Waals surface area contributed by atoms with Gasteiger partial charge in [-0.15, -0.1) is 0 Å². The number of hydrogen-bond acceptors (Lipinski definition) is 4. The molecule has 1 atom stereocenters. The van der Waals surface area contributed by atoms with Gasteiger partial charge in [0, 0.05) is 9.86 Å². The Morgan fingerprint density at radius 3 is 2.70 bits per heavy atom. The number of nitrogens with one attached hydrogen (secondary N) is 1. The van der Waals surface area contributed by atoms with Crippen LogP contribution in [0.3, 0.4) is 0 Å². The van der Waals surface area contributed by atoms with Gasteiger partial charge in [0.25, 0.3) is 0 Å². The maximum Gasteiger partial charge on any atom is 0.419 e. The normalized spacial score (nSPS) is 16.6. The summed E-state index contributed by atoms with van der Waals surface area (Å²) in [6.07, 6.45) is 1.20. The minimum Gasteiger partial charge on any atom is -0.444 e. The lowest BCUT2D eigenvalue weighted by atomic mass is 10.1. The van der Waals surface area contributed by atoms with Gasteiger partial charge in [-0.05, 0) is 49.2 Å². The summed E-state index contributed by atoms with van der Waals surface area (Å²) in [5.41, 5.74) is 1.92. The Balaban J connectivity index is 1.69. The van der Waals surface area contributed by atoms with Crippen LogP contribution in [0.1, 0.15) is 28.9 Å². The van der Waals surface area contributed by atoms with Gasteiger partial charge in [0.15, 0.2) is 5.78 Å². The molecule has 1 fully saturated rings. The zero-order valence-electron chi connectivity index (χ0n) is 14.7. The van der Waals surface area contributed by atoms with Crippen molar-refractivity contribution in [1.82, 2.24) is 9.88 Å². The Labute approximate surface area is 165 Å². The van der Waals surface area contributed by atoms with E-state index in [9.17, 15) is 9.59 Å². The fourth-order valence-electron chi connectivity index (χ4n) is 3.43.